The number of hydrogen-bond donors (Lipinski definition) is 1. The molecule has 0 aliphatic heterocycles. The van der Waals surface area contributed by atoms with E-state index in [0.29, 0.717) is 6.61 Å². The van der Waals surface area contributed by atoms with Crippen molar-refractivity contribution < 1.29 is 4.74 Å². The summed E-state index contributed by atoms with van der Waals surface area (Å²) in [6.45, 7) is 2.58. The summed E-state index contributed by atoms with van der Waals surface area (Å²) in [5.41, 5.74) is 7.44. The number of para-hydroxylation sites is 1. The zero-order valence-electron chi connectivity index (χ0n) is 7.07. The third kappa shape index (κ3) is 7.02. The highest BCUT2D eigenvalue weighted by Gasteiger charge is 1.72. The minimum absolute atomic E-state index is 0.684. The predicted molar refractivity (Wildman–Crippen MR) is 56.1 cm³/mol. The highest BCUT2D eigenvalue weighted by Crippen LogP contribution is 1.95. The van der Waals surface area contributed by atoms with Crippen LogP contribution in [0.5, 0.6) is 0 Å². The van der Waals surface area contributed by atoms with Crippen LogP contribution < -0.4 is 5.73 Å². The number of hydrogen-bond acceptors (Lipinski definition) is 3. The van der Waals surface area contributed by atoms with Crippen LogP contribution in [0.15, 0.2) is 30.3 Å². The number of ether oxygens (including phenoxy) is 1. The van der Waals surface area contributed by atoms with Crippen molar-refractivity contribution >= 4 is 23.5 Å². The second-order valence-corrected chi connectivity index (χ2v) is 2.15. The first-order valence-electron chi connectivity index (χ1n) is 3.67. The summed E-state index contributed by atoms with van der Waals surface area (Å²) in [7, 11) is 0. The Hall–Kier alpha value is -1.09. The molecule has 1 aromatic carbocycles. The van der Waals surface area contributed by atoms with Gasteiger partial charge in [-0.25, -0.2) is 0 Å². The Labute approximate surface area is 78.3 Å². The van der Waals surface area contributed by atoms with E-state index >= 15 is 0 Å². The standard InChI is InChI=1S/C6H7N.C3H6OS/c7-6-4-2-1-3-5-6;1-2-4-3-5/h1-5H,7H2;3H,2H2,1H3. The molecule has 0 saturated carbocycles. The molecule has 0 unspecified atom stereocenters. The van der Waals surface area contributed by atoms with Crippen molar-refractivity contribution in [2.45, 2.75) is 6.92 Å². The maximum Gasteiger partial charge on any atom is 0.146 e. The monoisotopic (exact) mass is 183 g/mol. The molecule has 0 aliphatic rings. The summed E-state index contributed by atoms with van der Waals surface area (Å²) in [6, 6.07) is 9.49. The van der Waals surface area contributed by atoms with Gasteiger partial charge in [0.2, 0.25) is 0 Å². The molecule has 0 radical (unpaired) electrons. The summed E-state index contributed by atoms with van der Waals surface area (Å²) < 4.78 is 4.52. The van der Waals surface area contributed by atoms with Gasteiger partial charge < -0.3 is 10.5 Å². The molecule has 0 bridgehead atoms. The van der Waals surface area contributed by atoms with Crippen LogP contribution >= 0.6 is 12.2 Å². The van der Waals surface area contributed by atoms with Crippen LogP contribution in [0.3, 0.4) is 0 Å². The van der Waals surface area contributed by atoms with E-state index in [0.717, 1.165) is 5.69 Å². The van der Waals surface area contributed by atoms with E-state index in [1.165, 1.54) is 5.55 Å². The lowest BCUT2D eigenvalue weighted by Crippen LogP contribution is -1.79. The molecule has 1 aromatic rings. The SMILES string of the molecule is CCOC=S.Nc1ccccc1. The molecule has 0 saturated heterocycles. The summed E-state index contributed by atoms with van der Waals surface area (Å²) in [5.74, 6) is 0. The second kappa shape index (κ2) is 8.01. The second-order valence-electron chi connectivity index (χ2n) is 1.96. The van der Waals surface area contributed by atoms with E-state index in [-0.39, 0.29) is 0 Å². The van der Waals surface area contributed by atoms with Crippen molar-refractivity contribution in [2.24, 2.45) is 0 Å². The number of rotatable bonds is 2. The van der Waals surface area contributed by atoms with Crippen LogP contribution in [0, 0.1) is 0 Å². The van der Waals surface area contributed by atoms with Gasteiger partial charge in [-0.1, -0.05) is 18.2 Å². The van der Waals surface area contributed by atoms with Crippen LogP contribution in [0.2, 0.25) is 0 Å². The Bertz CT molecular complexity index is 201. The number of thiocarbonyl (C=S) groups is 1. The summed E-state index contributed by atoms with van der Waals surface area (Å²) in [4.78, 5) is 0. The Morgan fingerprint density at radius 3 is 2.17 bits per heavy atom. The maximum absolute atomic E-state index is 5.36. The molecular weight excluding hydrogens is 170 g/mol. The smallest absolute Gasteiger partial charge is 0.146 e. The van der Waals surface area contributed by atoms with Gasteiger partial charge in [-0.15, -0.1) is 0 Å². The number of nitrogens with two attached hydrogens (primary N) is 1. The van der Waals surface area contributed by atoms with Crippen molar-refractivity contribution in [1.82, 2.24) is 0 Å². The Balaban J connectivity index is 0.000000217. The summed E-state index contributed by atoms with van der Waals surface area (Å²) in [6.07, 6.45) is 0. The fourth-order valence-electron chi connectivity index (χ4n) is 0.521. The Kier molecular flexibility index (Phi) is 7.28. The normalized spacial score (nSPS) is 7.75. The molecule has 0 atom stereocenters. The lowest BCUT2D eigenvalue weighted by atomic mass is 10.3. The number of benzene rings is 1. The number of anilines is 1. The van der Waals surface area contributed by atoms with E-state index in [4.69, 9.17) is 5.73 Å². The van der Waals surface area contributed by atoms with Crippen LogP contribution in [-0.4, -0.2) is 12.2 Å². The summed E-state index contributed by atoms with van der Waals surface area (Å²) >= 11 is 4.30. The van der Waals surface area contributed by atoms with Crippen LogP contribution in [0.25, 0.3) is 0 Å². The molecule has 0 fully saturated rings. The minimum Gasteiger partial charge on any atom is -0.490 e. The third-order valence-electron chi connectivity index (χ3n) is 1.03. The summed E-state index contributed by atoms with van der Waals surface area (Å²) in [5, 5.41) is 0. The van der Waals surface area contributed by atoms with Gasteiger partial charge in [-0.3, -0.25) is 0 Å². The zero-order chi connectivity index (χ0) is 9.23. The van der Waals surface area contributed by atoms with E-state index in [1.807, 2.05) is 37.3 Å². The fourth-order valence-corrected chi connectivity index (χ4v) is 0.657. The van der Waals surface area contributed by atoms with Crippen LogP contribution in [0.4, 0.5) is 5.69 Å². The van der Waals surface area contributed by atoms with Crippen molar-refractivity contribution in [3.05, 3.63) is 30.3 Å². The van der Waals surface area contributed by atoms with E-state index < -0.39 is 0 Å². The topological polar surface area (TPSA) is 35.2 Å². The van der Waals surface area contributed by atoms with E-state index in [1.54, 1.807) is 0 Å². The van der Waals surface area contributed by atoms with Gasteiger partial charge in [-0.2, -0.15) is 0 Å². The largest absolute Gasteiger partial charge is 0.490 e. The van der Waals surface area contributed by atoms with Gasteiger partial charge in [0.1, 0.15) is 5.55 Å². The lowest BCUT2D eigenvalue weighted by molar-refractivity contribution is 0.351. The minimum atomic E-state index is 0.684. The molecule has 0 heterocycles. The first-order valence-corrected chi connectivity index (χ1v) is 4.14. The fraction of sp³-hybridized carbons (Fsp3) is 0.222. The van der Waals surface area contributed by atoms with Gasteiger partial charge >= 0.3 is 0 Å². The van der Waals surface area contributed by atoms with Crippen molar-refractivity contribution in [2.75, 3.05) is 12.3 Å². The third-order valence-corrected chi connectivity index (χ3v) is 1.17. The highest BCUT2D eigenvalue weighted by molar-refractivity contribution is 7.78. The van der Waals surface area contributed by atoms with Gasteiger partial charge in [0.15, 0.2) is 0 Å². The van der Waals surface area contributed by atoms with Gasteiger partial charge in [0, 0.05) is 5.69 Å². The molecule has 1 rings (SSSR count). The molecule has 3 heteroatoms. The van der Waals surface area contributed by atoms with Crippen LogP contribution in [-0.2, 0) is 4.74 Å². The molecule has 0 aromatic heterocycles. The molecule has 2 nitrogen and oxygen atoms in total. The Morgan fingerprint density at radius 1 is 1.42 bits per heavy atom. The van der Waals surface area contributed by atoms with Gasteiger partial charge in [0.05, 0.1) is 6.61 Å². The van der Waals surface area contributed by atoms with Crippen molar-refractivity contribution in [3.63, 3.8) is 0 Å². The average molecular weight is 183 g/mol. The van der Waals surface area contributed by atoms with Crippen molar-refractivity contribution in [1.29, 1.82) is 0 Å². The predicted octanol–water partition coefficient (Wildman–Crippen LogP) is 2.25. The first-order chi connectivity index (χ1) is 5.81. The molecule has 12 heavy (non-hydrogen) atoms. The number of nitrogen functional groups attached to an aromatic ring is 1. The average Bonchev–Trinajstić information content (AvgIpc) is 2.08. The van der Waals surface area contributed by atoms with E-state index in [9.17, 15) is 0 Å². The van der Waals surface area contributed by atoms with Crippen molar-refractivity contribution in [3.8, 4) is 0 Å². The van der Waals surface area contributed by atoms with Gasteiger partial charge in [-0.05, 0) is 31.3 Å². The molecule has 2 N–H and O–H groups in total. The molecule has 0 spiro atoms. The quantitative estimate of drug-likeness (QED) is 0.564. The zero-order valence-corrected chi connectivity index (χ0v) is 7.88. The molecule has 66 valence electrons. The first kappa shape index (κ1) is 10.9. The highest BCUT2D eigenvalue weighted by atomic mass is 32.1. The maximum atomic E-state index is 5.36. The molecule has 0 amide bonds. The lowest BCUT2D eigenvalue weighted by Gasteiger charge is -1.83. The molecular formula is C9H13NOS. The van der Waals surface area contributed by atoms with Gasteiger partial charge in [0.25, 0.3) is 0 Å². The van der Waals surface area contributed by atoms with E-state index in [2.05, 4.69) is 17.0 Å². The molecule has 0 aliphatic carbocycles. The Morgan fingerprint density at radius 2 is 2.00 bits per heavy atom. The van der Waals surface area contributed by atoms with Crippen LogP contribution in [0.1, 0.15) is 6.92 Å².